The van der Waals surface area contributed by atoms with Crippen molar-refractivity contribution in [3.63, 3.8) is 0 Å². The summed E-state index contributed by atoms with van der Waals surface area (Å²) in [5, 5.41) is 0. The second-order valence-electron chi connectivity index (χ2n) is 1.57. The number of aromatic amines is 1. The zero-order valence-electron chi connectivity index (χ0n) is 5.18. The molecule has 0 saturated heterocycles. The lowest BCUT2D eigenvalue weighted by Crippen LogP contribution is -2.07. The first kappa shape index (κ1) is 7.61. The van der Waals surface area contributed by atoms with E-state index in [2.05, 4.69) is 14.3 Å². The first-order valence-electron chi connectivity index (χ1n) is 2.55. The van der Waals surface area contributed by atoms with Crippen LogP contribution < -0.4 is 5.69 Å². The van der Waals surface area contributed by atoms with Gasteiger partial charge in [-0.2, -0.15) is 8.42 Å². The molecule has 0 atom stereocenters. The number of H-pyrrole nitrogens is 1. The van der Waals surface area contributed by atoms with E-state index in [9.17, 15) is 13.2 Å². The number of hydrogen-bond donors (Lipinski definition) is 1. The second-order valence-corrected chi connectivity index (χ2v) is 2.19. The Labute approximate surface area is 62.6 Å². The van der Waals surface area contributed by atoms with Gasteiger partial charge in [-0.3, -0.25) is 4.98 Å². The molecule has 7 heteroatoms. The van der Waals surface area contributed by atoms with Crippen molar-refractivity contribution in [2.75, 3.05) is 0 Å². The van der Waals surface area contributed by atoms with E-state index in [1.807, 2.05) is 0 Å². The minimum atomic E-state index is -2.55. The lowest BCUT2D eigenvalue weighted by Gasteiger charge is -1.84. The van der Waals surface area contributed by atoms with Gasteiger partial charge in [0.1, 0.15) is 0 Å². The molecule has 1 heterocycles. The molecule has 58 valence electrons. The van der Waals surface area contributed by atoms with E-state index in [0.717, 1.165) is 0 Å². The molecule has 0 aliphatic carbocycles. The average Bonchev–Trinajstić information content (AvgIpc) is 1.85. The second kappa shape index (κ2) is 3.06. The average molecular weight is 173 g/mol. The fourth-order valence-corrected chi connectivity index (χ4v) is 0.760. The van der Waals surface area contributed by atoms with Crippen molar-refractivity contribution in [1.82, 2.24) is 9.97 Å². The van der Waals surface area contributed by atoms with E-state index in [1.54, 1.807) is 0 Å². The summed E-state index contributed by atoms with van der Waals surface area (Å²) in [5.74, 6) is -0.0293. The number of nitrogens with one attached hydrogen (secondary N) is 1. The number of hydrogen-bond acceptors (Lipinski definition) is 5. The number of aromatic nitrogens is 2. The predicted molar refractivity (Wildman–Crippen MR) is 35.9 cm³/mol. The summed E-state index contributed by atoms with van der Waals surface area (Å²) in [6.45, 7) is 0. The Balaban J connectivity index is 3.28. The highest BCUT2D eigenvalue weighted by Crippen LogP contribution is 1.99. The normalized spacial score (nSPS) is 9.09. The minimum absolute atomic E-state index is 0.0293. The van der Waals surface area contributed by atoms with Crippen LogP contribution in [0.15, 0.2) is 21.4 Å². The smallest absolute Gasteiger partial charge is 0.289 e. The van der Waals surface area contributed by atoms with Gasteiger partial charge in [-0.05, 0) is 0 Å². The third-order valence-corrected chi connectivity index (χ3v) is 1.18. The summed E-state index contributed by atoms with van der Waals surface area (Å²) < 4.78 is 23.0. The fraction of sp³-hybridized carbons (Fsp3) is 0. The SMILES string of the molecule is O=c1nccc(N=S(=O)=O)[nH]1. The van der Waals surface area contributed by atoms with E-state index in [-0.39, 0.29) is 5.82 Å². The van der Waals surface area contributed by atoms with Crippen LogP contribution in [0.25, 0.3) is 0 Å². The van der Waals surface area contributed by atoms with Gasteiger partial charge in [0.15, 0.2) is 5.82 Å². The molecule has 11 heavy (non-hydrogen) atoms. The van der Waals surface area contributed by atoms with Gasteiger partial charge in [0.05, 0.1) is 0 Å². The zero-order valence-corrected chi connectivity index (χ0v) is 6.00. The molecule has 1 aromatic rings. The van der Waals surface area contributed by atoms with Gasteiger partial charge in [0.25, 0.3) is 0 Å². The molecular formula is C4H3N3O3S. The van der Waals surface area contributed by atoms with Crippen LogP contribution in [-0.4, -0.2) is 18.4 Å². The third-order valence-electron chi connectivity index (χ3n) is 0.832. The van der Waals surface area contributed by atoms with Crippen molar-refractivity contribution >= 4 is 16.3 Å². The van der Waals surface area contributed by atoms with Crippen LogP contribution in [0.3, 0.4) is 0 Å². The van der Waals surface area contributed by atoms with Crippen LogP contribution >= 0.6 is 0 Å². The summed E-state index contributed by atoms with van der Waals surface area (Å²) in [7, 11) is -2.55. The lowest BCUT2D eigenvalue weighted by molar-refractivity contribution is 0.622. The molecule has 6 nitrogen and oxygen atoms in total. The van der Waals surface area contributed by atoms with E-state index < -0.39 is 16.2 Å². The van der Waals surface area contributed by atoms with Crippen LogP contribution in [0.4, 0.5) is 5.82 Å². The summed E-state index contributed by atoms with van der Waals surface area (Å²) in [6, 6.07) is 1.27. The summed E-state index contributed by atoms with van der Waals surface area (Å²) in [4.78, 5) is 15.8. The van der Waals surface area contributed by atoms with Crippen LogP contribution in [0.2, 0.25) is 0 Å². The Hall–Kier alpha value is -1.50. The summed E-state index contributed by atoms with van der Waals surface area (Å²) in [5.41, 5.74) is -0.628. The largest absolute Gasteiger partial charge is 0.346 e. The Bertz CT molecular complexity index is 424. The van der Waals surface area contributed by atoms with Crippen LogP contribution in [0.5, 0.6) is 0 Å². The molecule has 1 rings (SSSR count). The highest BCUT2D eigenvalue weighted by Gasteiger charge is 1.88. The minimum Gasteiger partial charge on any atom is -0.289 e. The molecule has 0 fully saturated rings. The molecule has 0 aliphatic rings. The molecule has 1 aromatic heterocycles. The van der Waals surface area contributed by atoms with Crippen LogP contribution in [0, 0.1) is 0 Å². The van der Waals surface area contributed by atoms with Crippen molar-refractivity contribution in [1.29, 1.82) is 0 Å². The Morgan fingerprint density at radius 1 is 1.55 bits per heavy atom. The standard InChI is InChI=1S/C4H3N3O3S/c8-4-5-2-1-3(6-4)7-11(9)10/h1-2H,(H,5,6,8). The molecule has 0 bridgehead atoms. The van der Waals surface area contributed by atoms with Gasteiger partial charge < -0.3 is 0 Å². The van der Waals surface area contributed by atoms with E-state index in [1.165, 1.54) is 12.3 Å². The monoisotopic (exact) mass is 173 g/mol. The number of rotatable bonds is 1. The van der Waals surface area contributed by atoms with Crippen molar-refractivity contribution in [2.24, 2.45) is 4.36 Å². The third kappa shape index (κ3) is 2.30. The molecule has 0 amide bonds. The Morgan fingerprint density at radius 2 is 2.27 bits per heavy atom. The molecule has 0 aromatic carbocycles. The summed E-state index contributed by atoms with van der Waals surface area (Å²) >= 11 is 0. The molecule has 0 saturated carbocycles. The van der Waals surface area contributed by atoms with E-state index >= 15 is 0 Å². The molecule has 1 N–H and O–H groups in total. The lowest BCUT2D eigenvalue weighted by atomic mass is 10.6. The van der Waals surface area contributed by atoms with E-state index in [4.69, 9.17) is 0 Å². The van der Waals surface area contributed by atoms with Crippen molar-refractivity contribution in [3.05, 3.63) is 22.7 Å². The molecular weight excluding hydrogens is 170 g/mol. The maximum atomic E-state index is 10.4. The highest BCUT2D eigenvalue weighted by molar-refractivity contribution is 7.61. The van der Waals surface area contributed by atoms with E-state index in [0.29, 0.717) is 0 Å². The first-order valence-corrected chi connectivity index (χ1v) is 3.58. The quantitative estimate of drug-likeness (QED) is 0.617. The van der Waals surface area contributed by atoms with Gasteiger partial charge in [-0.25, -0.2) is 9.78 Å². The molecule has 0 radical (unpaired) electrons. The Morgan fingerprint density at radius 3 is 2.82 bits per heavy atom. The molecule has 0 aliphatic heterocycles. The van der Waals surface area contributed by atoms with Gasteiger partial charge >= 0.3 is 16.2 Å². The predicted octanol–water partition coefficient (Wildman–Crippen LogP) is -0.536. The topological polar surface area (TPSA) is 92.2 Å². The fourth-order valence-electron chi connectivity index (χ4n) is 0.493. The van der Waals surface area contributed by atoms with Crippen LogP contribution in [-0.2, 0) is 10.5 Å². The maximum Gasteiger partial charge on any atom is 0.346 e. The Kier molecular flexibility index (Phi) is 2.12. The van der Waals surface area contributed by atoms with Gasteiger partial charge in [-0.15, -0.1) is 4.36 Å². The van der Waals surface area contributed by atoms with Gasteiger partial charge in [0.2, 0.25) is 0 Å². The van der Waals surface area contributed by atoms with Crippen molar-refractivity contribution in [2.45, 2.75) is 0 Å². The first-order chi connectivity index (χ1) is 5.18. The maximum absolute atomic E-state index is 10.4. The van der Waals surface area contributed by atoms with Crippen molar-refractivity contribution in [3.8, 4) is 0 Å². The summed E-state index contributed by atoms with van der Waals surface area (Å²) in [6.07, 6.45) is 1.17. The zero-order chi connectivity index (χ0) is 8.27. The number of nitrogens with zero attached hydrogens (tertiary/aromatic N) is 2. The van der Waals surface area contributed by atoms with Crippen LogP contribution in [0.1, 0.15) is 0 Å². The van der Waals surface area contributed by atoms with Gasteiger partial charge in [0, 0.05) is 12.3 Å². The highest BCUT2D eigenvalue weighted by atomic mass is 32.2. The van der Waals surface area contributed by atoms with Gasteiger partial charge in [-0.1, -0.05) is 0 Å². The molecule has 0 unspecified atom stereocenters. The molecule has 0 spiro atoms. The van der Waals surface area contributed by atoms with Crippen molar-refractivity contribution < 1.29 is 8.42 Å².